The largest absolute Gasteiger partial charge is 0.397 e. The van der Waals surface area contributed by atoms with Gasteiger partial charge in [0, 0.05) is 38.3 Å². The highest BCUT2D eigenvalue weighted by Crippen LogP contribution is 2.27. The number of anilines is 2. The van der Waals surface area contributed by atoms with Crippen molar-refractivity contribution in [1.29, 1.82) is 0 Å². The molecule has 5 rings (SSSR count). The summed E-state index contributed by atoms with van der Waals surface area (Å²) in [6, 6.07) is 33.1. The molecule has 1 fully saturated rings. The predicted molar refractivity (Wildman–Crippen MR) is 170 cm³/mol. The van der Waals surface area contributed by atoms with Gasteiger partial charge in [-0.3, -0.25) is 14.5 Å². The molecule has 0 saturated carbocycles. The molecule has 0 aliphatic carbocycles. The van der Waals surface area contributed by atoms with E-state index in [4.69, 9.17) is 5.73 Å². The lowest BCUT2D eigenvalue weighted by atomic mass is 10.0. The molecule has 0 radical (unpaired) electrons. The van der Waals surface area contributed by atoms with E-state index in [0.29, 0.717) is 29.9 Å². The number of benzene rings is 4. The lowest BCUT2D eigenvalue weighted by molar-refractivity contribution is -0.127. The van der Waals surface area contributed by atoms with E-state index in [2.05, 4.69) is 27.5 Å². The molecular formula is C35H39N5O2. The third-order valence-corrected chi connectivity index (χ3v) is 7.92. The van der Waals surface area contributed by atoms with Crippen LogP contribution in [0.3, 0.4) is 0 Å². The van der Waals surface area contributed by atoms with Gasteiger partial charge in [0.15, 0.2) is 0 Å². The van der Waals surface area contributed by atoms with Gasteiger partial charge in [0.05, 0.1) is 17.4 Å². The lowest BCUT2D eigenvalue weighted by Crippen LogP contribution is -2.54. The zero-order chi connectivity index (χ0) is 29.3. The zero-order valence-corrected chi connectivity index (χ0v) is 24.1. The Balaban J connectivity index is 1.21. The summed E-state index contributed by atoms with van der Waals surface area (Å²) in [5.74, 6) is -0.149. The number of amides is 2. The summed E-state index contributed by atoms with van der Waals surface area (Å²) >= 11 is 0. The van der Waals surface area contributed by atoms with Gasteiger partial charge in [0.25, 0.3) is 5.91 Å². The van der Waals surface area contributed by atoms with Gasteiger partial charge in [-0.25, -0.2) is 0 Å². The first-order valence-corrected chi connectivity index (χ1v) is 14.6. The fourth-order valence-corrected chi connectivity index (χ4v) is 5.31. The van der Waals surface area contributed by atoms with E-state index in [9.17, 15) is 9.59 Å². The number of aryl methyl sites for hydroxylation is 1. The normalized spacial score (nSPS) is 14.7. The van der Waals surface area contributed by atoms with Gasteiger partial charge < -0.3 is 21.3 Å². The van der Waals surface area contributed by atoms with Crippen molar-refractivity contribution in [3.8, 4) is 11.1 Å². The van der Waals surface area contributed by atoms with Gasteiger partial charge in [-0.05, 0) is 66.4 Å². The monoisotopic (exact) mass is 561 g/mol. The molecule has 0 bridgehead atoms. The van der Waals surface area contributed by atoms with Crippen molar-refractivity contribution in [3.05, 3.63) is 120 Å². The SMILES string of the molecule is CN1CCN(C(CCc2ccc(C(=O)Nc3cc(-c4ccccc4)ccc3N)cc2)C(=O)NCc2ccccc2)CC1. The van der Waals surface area contributed by atoms with Gasteiger partial charge >= 0.3 is 0 Å². The second kappa shape index (κ2) is 13.9. The molecule has 1 heterocycles. The Morgan fingerprint density at radius 2 is 1.45 bits per heavy atom. The first-order valence-electron chi connectivity index (χ1n) is 14.6. The first kappa shape index (κ1) is 29.0. The Morgan fingerprint density at radius 1 is 0.786 bits per heavy atom. The Bertz CT molecular complexity index is 1470. The average Bonchev–Trinajstić information content (AvgIpc) is 3.03. The number of nitrogens with one attached hydrogen (secondary N) is 2. The second-order valence-corrected chi connectivity index (χ2v) is 10.9. The zero-order valence-electron chi connectivity index (χ0n) is 24.1. The van der Waals surface area contributed by atoms with Crippen LogP contribution in [0.1, 0.15) is 27.9 Å². The van der Waals surface area contributed by atoms with E-state index < -0.39 is 0 Å². The maximum atomic E-state index is 13.3. The van der Waals surface area contributed by atoms with E-state index in [-0.39, 0.29) is 17.9 Å². The van der Waals surface area contributed by atoms with E-state index in [1.807, 2.05) is 103 Å². The Labute approximate surface area is 248 Å². The molecule has 1 saturated heterocycles. The maximum Gasteiger partial charge on any atom is 0.255 e. The van der Waals surface area contributed by atoms with Crippen molar-refractivity contribution >= 4 is 23.2 Å². The van der Waals surface area contributed by atoms with E-state index in [0.717, 1.165) is 54.9 Å². The highest BCUT2D eigenvalue weighted by atomic mass is 16.2. The van der Waals surface area contributed by atoms with Crippen molar-refractivity contribution in [1.82, 2.24) is 15.1 Å². The van der Waals surface area contributed by atoms with Gasteiger partial charge in [-0.1, -0.05) is 78.9 Å². The van der Waals surface area contributed by atoms with Crippen LogP contribution in [-0.2, 0) is 17.8 Å². The van der Waals surface area contributed by atoms with Crippen molar-refractivity contribution in [2.75, 3.05) is 44.3 Å². The van der Waals surface area contributed by atoms with Gasteiger partial charge in [0.1, 0.15) is 0 Å². The van der Waals surface area contributed by atoms with Gasteiger partial charge in [-0.2, -0.15) is 0 Å². The molecular weight excluding hydrogens is 522 g/mol. The smallest absolute Gasteiger partial charge is 0.255 e. The fraction of sp³-hybridized carbons (Fsp3) is 0.257. The number of piperazine rings is 1. The average molecular weight is 562 g/mol. The summed E-state index contributed by atoms with van der Waals surface area (Å²) in [6.07, 6.45) is 1.45. The molecule has 7 heteroatoms. The van der Waals surface area contributed by atoms with Crippen LogP contribution in [-0.4, -0.2) is 60.9 Å². The van der Waals surface area contributed by atoms with E-state index in [1.165, 1.54) is 0 Å². The molecule has 4 N–H and O–H groups in total. The van der Waals surface area contributed by atoms with Crippen molar-refractivity contribution < 1.29 is 9.59 Å². The van der Waals surface area contributed by atoms with Gasteiger partial charge in [-0.15, -0.1) is 0 Å². The molecule has 1 unspecified atom stereocenters. The minimum Gasteiger partial charge on any atom is -0.397 e. The molecule has 0 aromatic heterocycles. The third kappa shape index (κ3) is 7.63. The van der Waals surface area contributed by atoms with Crippen LogP contribution >= 0.6 is 0 Å². The summed E-state index contributed by atoms with van der Waals surface area (Å²) in [6.45, 7) is 4.16. The molecule has 2 amide bonds. The first-order chi connectivity index (χ1) is 20.5. The molecule has 4 aromatic carbocycles. The number of rotatable bonds is 10. The van der Waals surface area contributed by atoms with Crippen LogP contribution in [0.5, 0.6) is 0 Å². The minimum absolute atomic E-state index is 0.0646. The molecule has 4 aromatic rings. The Hall–Kier alpha value is -4.46. The summed E-state index contributed by atoms with van der Waals surface area (Å²) in [5.41, 5.74) is 12.1. The number of hydrogen-bond donors (Lipinski definition) is 3. The number of nitrogen functional groups attached to an aromatic ring is 1. The fourth-order valence-electron chi connectivity index (χ4n) is 5.31. The standard InChI is InChI=1S/C35H39N5O2/c1-39-20-22-40(23-21-39)33(35(42)37-25-27-8-4-2-5-9-27)19-14-26-12-15-29(16-13-26)34(41)38-32-24-30(17-18-31(32)36)28-10-6-3-7-11-28/h2-13,15-18,24,33H,14,19-23,25,36H2,1H3,(H,37,42)(H,38,41). The van der Waals surface area contributed by atoms with Gasteiger partial charge in [0.2, 0.25) is 5.91 Å². The van der Waals surface area contributed by atoms with Crippen LogP contribution in [0.2, 0.25) is 0 Å². The number of carbonyl (C=O) groups is 2. The van der Waals surface area contributed by atoms with Crippen molar-refractivity contribution in [2.45, 2.75) is 25.4 Å². The van der Waals surface area contributed by atoms with Crippen LogP contribution in [0.25, 0.3) is 11.1 Å². The molecule has 1 aliphatic heterocycles. The van der Waals surface area contributed by atoms with E-state index >= 15 is 0 Å². The summed E-state index contributed by atoms with van der Waals surface area (Å²) < 4.78 is 0. The minimum atomic E-state index is -0.214. The van der Waals surface area contributed by atoms with Crippen LogP contribution in [0.15, 0.2) is 103 Å². The molecule has 7 nitrogen and oxygen atoms in total. The summed E-state index contributed by atoms with van der Waals surface area (Å²) in [7, 11) is 2.12. The maximum absolute atomic E-state index is 13.3. The topological polar surface area (TPSA) is 90.7 Å². The highest BCUT2D eigenvalue weighted by molar-refractivity contribution is 6.06. The quantitative estimate of drug-likeness (QED) is 0.236. The van der Waals surface area contributed by atoms with Crippen molar-refractivity contribution in [2.24, 2.45) is 0 Å². The molecule has 1 atom stereocenters. The number of hydrogen-bond acceptors (Lipinski definition) is 5. The number of carbonyl (C=O) groups excluding carboxylic acids is 2. The predicted octanol–water partition coefficient (Wildman–Crippen LogP) is 5.05. The number of nitrogens with two attached hydrogens (primary N) is 1. The van der Waals surface area contributed by atoms with Crippen LogP contribution in [0.4, 0.5) is 11.4 Å². The summed E-state index contributed by atoms with van der Waals surface area (Å²) in [5, 5.41) is 6.12. The third-order valence-electron chi connectivity index (χ3n) is 7.92. The second-order valence-electron chi connectivity index (χ2n) is 10.9. The highest BCUT2D eigenvalue weighted by Gasteiger charge is 2.28. The van der Waals surface area contributed by atoms with Crippen LogP contribution < -0.4 is 16.4 Å². The Morgan fingerprint density at radius 3 is 2.14 bits per heavy atom. The van der Waals surface area contributed by atoms with E-state index in [1.54, 1.807) is 0 Å². The Kier molecular flexibility index (Phi) is 9.64. The molecule has 1 aliphatic rings. The van der Waals surface area contributed by atoms with Crippen LogP contribution in [0, 0.1) is 0 Å². The molecule has 0 spiro atoms. The number of likely N-dealkylation sites (N-methyl/N-ethyl adjacent to an activating group) is 1. The number of nitrogens with zero attached hydrogens (tertiary/aromatic N) is 2. The van der Waals surface area contributed by atoms with Crippen molar-refractivity contribution in [3.63, 3.8) is 0 Å². The lowest BCUT2D eigenvalue weighted by Gasteiger charge is -2.37. The molecule has 42 heavy (non-hydrogen) atoms. The summed E-state index contributed by atoms with van der Waals surface area (Å²) in [4.78, 5) is 31.0. The molecule has 216 valence electrons.